The summed E-state index contributed by atoms with van der Waals surface area (Å²) in [5.74, 6) is -1.51. The van der Waals surface area contributed by atoms with Crippen LogP contribution in [0.15, 0.2) is 53.8 Å². The van der Waals surface area contributed by atoms with Crippen molar-refractivity contribution in [3.8, 4) is 22.8 Å². The minimum atomic E-state index is -4.41. The van der Waals surface area contributed by atoms with Crippen LogP contribution in [0.4, 0.5) is 14.5 Å². The Bertz CT molecular complexity index is 1590. The van der Waals surface area contributed by atoms with Crippen LogP contribution in [0.3, 0.4) is 0 Å². The van der Waals surface area contributed by atoms with E-state index in [4.69, 9.17) is 9.47 Å². The quantitative estimate of drug-likeness (QED) is 0.343. The second kappa shape index (κ2) is 9.89. The monoisotopic (exact) mass is 526 g/mol. The minimum Gasteiger partial charge on any atom is -0.488 e. The smallest absolute Gasteiger partial charge is 0.264 e. The van der Waals surface area contributed by atoms with Gasteiger partial charge in [0.15, 0.2) is 0 Å². The van der Waals surface area contributed by atoms with Gasteiger partial charge in [0.25, 0.3) is 10.0 Å². The summed E-state index contributed by atoms with van der Waals surface area (Å²) in [6, 6.07) is 7.49. The summed E-state index contributed by atoms with van der Waals surface area (Å²) in [5.41, 5.74) is 2.69. The number of aromatic nitrogens is 3. The lowest BCUT2D eigenvalue weighted by molar-refractivity contribution is 0.212. The second-order valence-electron chi connectivity index (χ2n) is 8.82. The van der Waals surface area contributed by atoms with E-state index in [1.807, 2.05) is 19.1 Å². The number of hydrogen-bond acceptors (Lipinski definition) is 7. The third-order valence-electron chi connectivity index (χ3n) is 6.30. The van der Waals surface area contributed by atoms with Gasteiger partial charge in [-0.1, -0.05) is 0 Å². The highest BCUT2D eigenvalue weighted by Crippen LogP contribution is 2.37. The predicted octanol–water partition coefficient (Wildman–Crippen LogP) is 5.41. The number of hydrogen-bond donors (Lipinski definition) is 1. The summed E-state index contributed by atoms with van der Waals surface area (Å²) in [6.45, 7) is 1.87. The highest BCUT2D eigenvalue weighted by Gasteiger charge is 2.23. The molecule has 1 N–H and O–H groups in total. The van der Waals surface area contributed by atoms with Crippen molar-refractivity contribution in [2.45, 2.75) is 43.6 Å². The molecule has 8 nitrogen and oxygen atoms in total. The van der Waals surface area contributed by atoms with E-state index in [1.165, 1.54) is 25.7 Å². The summed E-state index contributed by atoms with van der Waals surface area (Å²) in [7, 11) is -3.08. The maximum absolute atomic E-state index is 14.2. The van der Waals surface area contributed by atoms with Gasteiger partial charge in [-0.15, -0.1) is 0 Å². The molecule has 4 aromatic rings. The van der Waals surface area contributed by atoms with Gasteiger partial charge in [0.05, 0.1) is 13.2 Å². The SMILES string of the molecule is COc1ncc(-c2cc(OC3CCCC3)c3ncnc(C)c3c2)cc1NS(=O)(=O)c1ccc(F)cc1F. The van der Waals surface area contributed by atoms with Crippen molar-refractivity contribution in [1.82, 2.24) is 15.0 Å². The Morgan fingerprint density at radius 1 is 1.00 bits per heavy atom. The summed E-state index contributed by atoms with van der Waals surface area (Å²) < 4.78 is 67.3. The van der Waals surface area contributed by atoms with Crippen LogP contribution in [0.2, 0.25) is 0 Å². The number of rotatable bonds is 7. The zero-order valence-corrected chi connectivity index (χ0v) is 21.0. The fraction of sp³-hybridized carbons (Fsp3) is 0.269. The molecule has 2 aromatic heterocycles. The number of benzene rings is 2. The van der Waals surface area contributed by atoms with E-state index in [1.54, 1.807) is 0 Å². The highest BCUT2D eigenvalue weighted by atomic mass is 32.2. The molecule has 1 aliphatic rings. The zero-order valence-electron chi connectivity index (χ0n) is 20.2. The number of nitrogens with one attached hydrogen (secondary N) is 1. The van der Waals surface area contributed by atoms with E-state index in [0.717, 1.165) is 48.9 Å². The summed E-state index contributed by atoms with van der Waals surface area (Å²) in [5, 5.41) is 0.791. The molecule has 0 aliphatic heterocycles. The van der Waals surface area contributed by atoms with Gasteiger partial charge in [0.1, 0.15) is 39.8 Å². The Labute approximate surface area is 212 Å². The first-order valence-electron chi connectivity index (χ1n) is 11.7. The van der Waals surface area contributed by atoms with E-state index >= 15 is 0 Å². The molecule has 0 saturated heterocycles. The van der Waals surface area contributed by atoms with Gasteiger partial charge >= 0.3 is 0 Å². The topological polar surface area (TPSA) is 103 Å². The lowest BCUT2D eigenvalue weighted by Gasteiger charge is -2.17. The Hall–Kier alpha value is -3.86. The minimum absolute atomic E-state index is 0.0110. The molecule has 0 spiro atoms. The third-order valence-corrected chi connectivity index (χ3v) is 7.70. The number of aryl methyl sites for hydroxylation is 1. The number of sulfonamides is 1. The molecule has 1 fully saturated rings. The van der Waals surface area contributed by atoms with Crippen LogP contribution in [-0.2, 0) is 10.0 Å². The lowest BCUT2D eigenvalue weighted by Crippen LogP contribution is -2.16. The van der Waals surface area contributed by atoms with Crippen molar-refractivity contribution in [3.05, 3.63) is 66.3 Å². The van der Waals surface area contributed by atoms with Crippen molar-refractivity contribution < 1.29 is 26.7 Å². The first-order valence-corrected chi connectivity index (χ1v) is 13.2. The van der Waals surface area contributed by atoms with Crippen LogP contribution in [0.25, 0.3) is 22.0 Å². The molecule has 2 heterocycles. The Balaban J connectivity index is 1.58. The molecule has 2 aromatic carbocycles. The number of pyridine rings is 1. The van der Waals surface area contributed by atoms with E-state index in [-0.39, 0.29) is 17.7 Å². The average Bonchev–Trinajstić information content (AvgIpc) is 3.37. The van der Waals surface area contributed by atoms with Gasteiger partial charge in [0.2, 0.25) is 5.88 Å². The molecule has 1 saturated carbocycles. The van der Waals surface area contributed by atoms with Crippen molar-refractivity contribution >= 4 is 26.6 Å². The fourth-order valence-electron chi connectivity index (χ4n) is 4.44. The van der Waals surface area contributed by atoms with Gasteiger partial charge in [-0.2, -0.15) is 0 Å². The van der Waals surface area contributed by atoms with Crippen LogP contribution in [0.1, 0.15) is 31.4 Å². The Morgan fingerprint density at radius 3 is 2.51 bits per heavy atom. The van der Waals surface area contributed by atoms with Crippen molar-refractivity contribution in [1.29, 1.82) is 0 Å². The molecule has 37 heavy (non-hydrogen) atoms. The molecule has 1 aliphatic carbocycles. The molecule has 0 radical (unpaired) electrons. The molecule has 0 unspecified atom stereocenters. The number of halogens is 2. The largest absolute Gasteiger partial charge is 0.488 e. The van der Waals surface area contributed by atoms with E-state index in [9.17, 15) is 17.2 Å². The Kier molecular flexibility index (Phi) is 6.63. The van der Waals surface area contributed by atoms with Crippen molar-refractivity contribution in [3.63, 3.8) is 0 Å². The Morgan fingerprint density at radius 2 is 1.78 bits per heavy atom. The van der Waals surface area contributed by atoms with Gasteiger partial charge in [-0.05, 0) is 68.5 Å². The predicted molar refractivity (Wildman–Crippen MR) is 134 cm³/mol. The van der Waals surface area contributed by atoms with Gasteiger partial charge in [-0.25, -0.2) is 32.2 Å². The molecule has 0 bridgehead atoms. The standard InChI is InChI=1S/C26H24F2N4O4S/c1-15-20-9-16(11-23(25(20)31-14-30-15)36-19-5-3-4-6-19)17-10-22(26(35-2)29-13-17)32-37(33,34)24-8-7-18(27)12-21(24)28/h7-14,19,32H,3-6H2,1-2H3. The van der Waals surface area contributed by atoms with Crippen LogP contribution in [0, 0.1) is 18.6 Å². The van der Waals surface area contributed by atoms with Crippen LogP contribution in [0.5, 0.6) is 11.6 Å². The van der Waals surface area contributed by atoms with Crippen LogP contribution < -0.4 is 14.2 Å². The van der Waals surface area contributed by atoms with Gasteiger partial charge < -0.3 is 9.47 Å². The lowest BCUT2D eigenvalue weighted by atomic mass is 10.0. The molecular weight excluding hydrogens is 502 g/mol. The molecule has 0 amide bonds. The maximum Gasteiger partial charge on any atom is 0.264 e. The third kappa shape index (κ3) is 5.04. The molecular formula is C26H24F2N4O4S. The number of anilines is 1. The normalized spacial score (nSPS) is 14.2. The fourth-order valence-corrected chi connectivity index (χ4v) is 5.55. The number of nitrogens with zero attached hydrogens (tertiary/aromatic N) is 3. The number of fused-ring (bicyclic) bond motifs is 1. The van der Waals surface area contributed by atoms with E-state index < -0.39 is 26.6 Å². The van der Waals surface area contributed by atoms with Crippen LogP contribution >= 0.6 is 0 Å². The highest BCUT2D eigenvalue weighted by molar-refractivity contribution is 7.92. The first-order chi connectivity index (χ1) is 17.7. The van der Waals surface area contributed by atoms with Crippen LogP contribution in [-0.4, -0.2) is 36.6 Å². The summed E-state index contributed by atoms with van der Waals surface area (Å²) >= 11 is 0. The molecule has 192 valence electrons. The summed E-state index contributed by atoms with van der Waals surface area (Å²) in [4.78, 5) is 12.3. The summed E-state index contributed by atoms with van der Waals surface area (Å²) in [6.07, 6.45) is 7.27. The van der Waals surface area contributed by atoms with E-state index in [0.29, 0.717) is 28.5 Å². The van der Waals surface area contributed by atoms with Gasteiger partial charge in [0, 0.05) is 28.9 Å². The van der Waals surface area contributed by atoms with Crippen molar-refractivity contribution in [2.75, 3.05) is 11.8 Å². The molecule has 0 atom stereocenters. The van der Waals surface area contributed by atoms with E-state index in [2.05, 4.69) is 19.7 Å². The maximum atomic E-state index is 14.2. The average molecular weight is 527 g/mol. The van der Waals surface area contributed by atoms with Crippen molar-refractivity contribution in [2.24, 2.45) is 0 Å². The van der Waals surface area contributed by atoms with Gasteiger partial charge in [-0.3, -0.25) is 4.72 Å². The second-order valence-corrected chi connectivity index (χ2v) is 10.5. The first kappa shape index (κ1) is 24.8. The molecule has 5 rings (SSSR count). The number of methoxy groups -OCH3 is 1. The number of ether oxygens (including phenoxy) is 2. The zero-order chi connectivity index (χ0) is 26.2. The molecule has 11 heteroatoms.